The minimum atomic E-state index is -0.323. The van der Waals surface area contributed by atoms with Gasteiger partial charge in [0.15, 0.2) is 0 Å². The largest absolute Gasteiger partial charge is 0.274 e. The molecule has 23 heavy (non-hydrogen) atoms. The third-order valence-corrected chi connectivity index (χ3v) is 4.42. The van der Waals surface area contributed by atoms with Gasteiger partial charge in [0.25, 0.3) is 5.91 Å². The number of imide groups is 1. The van der Waals surface area contributed by atoms with Gasteiger partial charge >= 0.3 is 0 Å². The number of carbonyl (C=O) groups excluding carboxylic acids is 2. The zero-order valence-electron chi connectivity index (χ0n) is 12.3. The number of hydrogen-bond donors (Lipinski definition) is 0. The topological polar surface area (TPSA) is 37.4 Å². The Hall–Kier alpha value is -2.10. The van der Waals surface area contributed by atoms with Gasteiger partial charge < -0.3 is 0 Å². The molecule has 116 valence electrons. The highest BCUT2D eigenvalue weighted by atomic mass is 35.5. The number of rotatable bonds is 2. The molecule has 0 atom stereocenters. The maximum atomic E-state index is 12.6. The first kappa shape index (κ1) is 15.8. The highest BCUT2D eigenvalue weighted by molar-refractivity contribution is 6.33. The van der Waals surface area contributed by atoms with Crippen molar-refractivity contribution in [1.82, 2.24) is 0 Å². The highest BCUT2D eigenvalue weighted by Crippen LogP contribution is 2.30. The van der Waals surface area contributed by atoms with Gasteiger partial charge in [-0.15, -0.1) is 0 Å². The van der Waals surface area contributed by atoms with Crippen LogP contribution in [-0.2, 0) is 9.59 Å². The van der Waals surface area contributed by atoms with Gasteiger partial charge in [0.05, 0.1) is 12.1 Å². The van der Waals surface area contributed by atoms with Crippen LogP contribution >= 0.6 is 23.2 Å². The summed E-state index contributed by atoms with van der Waals surface area (Å²) in [5.41, 5.74) is 2.64. The fraction of sp³-hybridized carbons (Fsp3) is 0.111. The molecule has 0 bridgehead atoms. The third kappa shape index (κ3) is 3.03. The molecular formula is C18H13Cl2NO2. The molecule has 2 aromatic rings. The average Bonchev–Trinajstić information content (AvgIpc) is 2.78. The summed E-state index contributed by atoms with van der Waals surface area (Å²) in [7, 11) is 0. The van der Waals surface area contributed by atoms with E-state index in [4.69, 9.17) is 23.2 Å². The summed E-state index contributed by atoms with van der Waals surface area (Å²) < 4.78 is 0. The molecule has 2 amide bonds. The zero-order valence-corrected chi connectivity index (χ0v) is 13.9. The monoisotopic (exact) mass is 345 g/mol. The first-order valence-corrected chi connectivity index (χ1v) is 7.81. The Labute approximate surface area is 144 Å². The second-order valence-electron chi connectivity index (χ2n) is 5.31. The fourth-order valence-corrected chi connectivity index (χ4v) is 2.90. The van der Waals surface area contributed by atoms with Gasteiger partial charge in [-0.3, -0.25) is 9.59 Å². The first-order chi connectivity index (χ1) is 11.0. The van der Waals surface area contributed by atoms with E-state index in [0.717, 1.165) is 16.0 Å². The number of carbonyl (C=O) groups is 2. The van der Waals surface area contributed by atoms with Gasteiger partial charge in [0, 0.05) is 15.6 Å². The van der Waals surface area contributed by atoms with Gasteiger partial charge in [0.1, 0.15) is 0 Å². The maximum Gasteiger partial charge on any atom is 0.261 e. The molecule has 0 aromatic heterocycles. The number of amides is 2. The van der Waals surface area contributed by atoms with Crippen LogP contribution in [0.5, 0.6) is 0 Å². The van der Waals surface area contributed by atoms with E-state index in [1.807, 2.05) is 19.1 Å². The van der Waals surface area contributed by atoms with Gasteiger partial charge in [-0.1, -0.05) is 41.4 Å². The van der Waals surface area contributed by atoms with Crippen molar-refractivity contribution in [2.24, 2.45) is 0 Å². The van der Waals surface area contributed by atoms with E-state index < -0.39 is 0 Å². The van der Waals surface area contributed by atoms with Crippen LogP contribution in [-0.4, -0.2) is 11.8 Å². The molecule has 0 saturated carbocycles. The van der Waals surface area contributed by atoms with E-state index in [9.17, 15) is 9.59 Å². The number of nitrogens with zero attached hydrogens (tertiary/aromatic N) is 1. The highest BCUT2D eigenvalue weighted by Gasteiger charge is 2.35. The SMILES string of the molecule is Cc1c(Cl)cccc1/C=C1\CC(=O)N(c2cccc(Cl)c2)C1=O. The lowest BCUT2D eigenvalue weighted by atomic mass is 10.0. The molecule has 0 N–H and O–H groups in total. The Morgan fingerprint density at radius 1 is 1.09 bits per heavy atom. The van der Waals surface area contributed by atoms with Crippen molar-refractivity contribution in [3.05, 3.63) is 69.2 Å². The van der Waals surface area contributed by atoms with Crippen molar-refractivity contribution < 1.29 is 9.59 Å². The number of benzene rings is 2. The lowest BCUT2D eigenvalue weighted by molar-refractivity contribution is -0.120. The Bertz CT molecular complexity index is 843. The van der Waals surface area contributed by atoms with Crippen molar-refractivity contribution in [2.45, 2.75) is 13.3 Å². The summed E-state index contributed by atoms with van der Waals surface area (Å²) >= 11 is 12.0. The summed E-state index contributed by atoms with van der Waals surface area (Å²) in [6.07, 6.45) is 1.79. The molecule has 2 aromatic carbocycles. The quantitative estimate of drug-likeness (QED) is 0.586. The molecule has 0 spiro atoms. The molecule has 3 rings (SSSR count). The summed E-state index contributed by atoms with van der Waals surface area (Å²) in [5, 5.41) is 1.11. The van der Waals surface area contributed by atoms with Gasteiger partial charge in [-0.25, -0.2) is 4.90 Å². The molecule has 1 aliphatic heterocycles. The molecule has 0 radical (unpaired) electrons. The summed E-state index contributed by atoms with van der Waals surface area (Å²) in [4.78, 5) is 26.0. The number of hydrogen-bond acceptors (Lipinski definition) is 2. The number of anilines is 1. The van der Waals surface area contributed by atoms with E-state index in [2.05, 4.69) is 0 Å². The second kappa shape index (κ2) is 6.19. The average molecular weight is 346 g/mol. The maximum absolute atomic E-state index is 12.6. The molecule has 5 heteroatoms. The van der Waals surface area contributed by atoms with Gasteiger partial charge in [-0.2, -0.15) is 0 Å². The molecule has 0 unspecified atom stereocenters. The van der Waals surface area contributed by atoms with Crippen LogP contribution < -0.4 is 4.90 Å². The fourth-order valence-electron chi connectivity index (χ4n) is 2.53. The third-order valence-electron chi connectivity index (χ3n) is 3.77. The van der Waals surface area contributed by atoms with Crippen LogP contribution in [0, 0.1) is 6.92 Å². The van der Waals surface area contributed by atoms with Crippen molar-refractivity contribution in [1.29, 1.82) is 0 Å². The van der Waals surface area contributed by atoms with E-state index in [1.165, 1.54) is 0 Å². The van der Waals surface area contributed by atoms with Crippen molar-refractivity contribution in [2.75, 3.05) is 4.90 Å². The van der Waals surface area contributed by atoms with Crippen molar-refractivity contribution >= 4 is 46.8 Å². The lowest BCUT2D eigenvalue weighted by Gasteiger charge is -2.13. The summed E-state index contributed by atoms with van der Waals surface area (Å²) in [5.74, 6) is -0.583. The van der Waals surface area contributed by atoms with E-state index >= 15 is 0 Å². The molecular weight excluding hydrogens is 333 g/mol. The van der Waals surface area contributed by atoms with Crippen LogP contribution in [0.1, 0.15) is 17.5 Å². The molecule has 0 aliphatic carbocycles. The summed E-state index contributed by atoms with van der Waals surface area (Å²) in [6, 6.07) is 12.2. The predicted octanol–water partition coefficient (Wildman–Crippen LogP) is 4.65. The standard InChI is InChI=1S/C18H13Cl2NO2/c1-11-12(4-2-7-16(11)20)8-13-9-17(22)21(18(13)23)15-6-3-5-14(19)10-15/h2-8,10H,9H2,1H3/b13-8+. The molecule has 1 saturated heterocycles. The Morgan fingerprint density at radius 3 is 2.57 bits per heavy atom. The molecule has 1 aliphatic rings. The smallest absolute Gasteiger partial charge is 0.261 e. The van der Waals surface area contributed by atoms with Crippen LogP contribution in [0.4, 0.5) is 5.69 Å². The van der Waals surface area contributed by atoms with Gasteiger partial charge in [0.2, 0.25) is 5.91 Å². The number of halogens is 2. The zero-order chi connectivity index (χ0) is 16.6. The molecule has 1 fully saturated rings. The predicted molar refractivity (Wildman–Crippen MR) is 92.7 cm³/mol. The molecule has 1 heterocycles. The first-order valence-electron chi connectivity index (χ1n) is 7.06. The second-order valence-corrected chi connectivity index (χ2v) is 6.16. The Balaban J connectivity index is 1.98. The minimum absolute atomic E-state index is 0.0668. The van der Waals surface area contributed by atoms with Crippen LogP contribution in [0.25, 0.3) is 6.08 Å². The summed E-state index contributed by atoms with van der Waals surface area (Å²) in [6.45, 7) is 1.88. The van der Waals surface area contributed by atoms with Crippen LogP contribution in [0.2, 0.25) is 10.0 Å². The Kier molecular flexibility index (Phi) is 4.24. The minimum Gasteiger partial charge on any atom is -0.274 e. The van der Waals surface area contributed by atoms with Crippen LogP contribution in [0.3, 0.4) is 0 Å². The van der Waals surface area contributed by atoms with E-state index in [-0.39, 0.29) is 18.2 Å². The Morgan fingerprint density at radius 2 is 1.83 bits per heavy atom. The van der Waals surface area contributed by atoms with Crippen molar-refractivity contribution in [3.63, 3.8) is 0 Å². The van der Waals surface area contributed by atoms with E-state index in [1.54, 1.807) is 36.4 Å². The van der Waals surface area contributed by atoms with Crippen LogP contribution in [0.15, 0.2) is 48.0 Å². The normalized spacial score (nSPS) is 16.5. The van der Waals surface area contributed by atoms with E-state index in [0.29, 0.717) is 21.3 Å². The lowest BCUT2D eigenvalue weighted by Crippen LogP contribution is -2.28. The molecule has 3 nitrogen and oxygen atoms in total. The van der Waals surface area contributed by atoms with Crippen molar-refractivity contribution in [3.8, 4) is 0 Å². The van der Waals surface area contributed by atoms with Gasteiger partial charge in [-0.05, 0) is 48.4 Å².